The number of carbonyl (C=O) groups is 1. The van der Waals surface area contributed by atoms with Crippen LogP contribution in [0.15, 0.2) is 22.8 Å². The van der Waals surface area contributed by atoms with Gasteiger partial charge < -0.3 is 0 Å². The summed E-state index contributed by atoms with van der Waals surface area (Å²) in [5.74, 6) is -0.174. The Hall–Kier alpha value is -1.89. The van der Waals surface area contributed by atoms with Gasteiger partial charge in [-0.2, -0.15) is 0 Å². The molecule has 7 heteroatoms. The van der Waals surface area contributed by atoms with Gasteiger partial charge in [-0.1, -0.05) is 13.8 Å². The molecule has 0 aliphatic carbocycles. The predicted molar refractivity (Wildman–Crippen MR) is 78.5 cm³/mol. The Morgan fingerprint density at radius 3 is 2.65 bits per heavy atom. The molecule has 0 unspecified atom stereocenters. The van der Waals surface area contributed by atoms with Gasteiger partial charge in [0.05, 0.1) is 11.4 Å². The number of anilines is 1. The van der Waals surface area contributed by atoms with Crippen LogP contribution < -0.4 is 5.32 Å². The Morgan fingerprint density at radius 2 is 2.00 bits per heavy atom. The Balaban J connectivity index is 2.22. The molecule has 2 aromatic rings. The normalized spacial score (nSPS) is 10.3. The molecule has 1 amide bonds. The molecule has 0 aliphatic rings. The van der Waals surface area contributed by atoms with Gasteiger partial charge in [0.15, 0.2) is 0 Å². The molecular formula is C13H14BrN5O. The molecule has 1 N–H and O–H groups in total. The van der Waals surface area contributed by atoms with Gasteiger partial charge in [0.1, 0.15) is 5.69 Å². The molecule has 0 atom stereocenters. The number of hydrogen-bond acceptors (Lipinski definition) is 5. The molecule has 20 heavy (non-hydrogen) atoms. The minimum atomic E-state index is -0.370. The molecule has 0 aromatic carbocycles. The highest BCUT2D eigenvalue weighted by molar-refractivity contribution is 9.10. The second-order valence-corrected chi connectivity index (χ2v) is 4.88. The summed E-state index contributed by atoms with van der Waals surface area (Å²) in [6.07, 6.45) is 3.06. The van der Waals surface area contributed by atoms with Gasteiger partial charge in [-0.25, -0.2) is 9.97 Å². The van der Waals surface area contributed by atoms with Crippen molar-refractivity contribution in [3.8, 4) is 0 Å². The molecule has 0 saturated carbocycles. The van der Waals surface area contributed by atoms with Crippen LogP contribution in [0.4, 0.5) is 5.95 Å². The molecule has 2 heterocycles. The second-order valence-electron chi connectivity index (χ2n) is 4.02. The average molecular weight is 336 g/mol. The summed E-state index contributed by atoms with van der Waals surface area (Å²) >= 11 is 3.28. The number of pyridine rings is 1. The molecule has 6 nitrogen and oxygen atoms in total. The van der Waals surface area contributed by atoms with Crippen molar-refractivity contribution in [1.29, 1.82) is 0 Å². The largest absolute Gasteiger partial charge is 0.288 e. The number of nitrogens with one attached hydrogen (secondary N) is 1. The maximum atomic E-state index is 12.1. The third-order valence-electron chi connectivity index (χ3n) is 2.71. The van der Waals surface area contributed by atoms with Crippen molar-refractivity contribution in [2.24, 2.45) is 0 Å². The van der Waals surface area contributed by atoms with E-state index in [1.165, 1.54) is 0 Å². The number of amides is 1. The average Bonchev–Trinajstić information content (AvgIpc) is 2.47. The number of nitrogens with zero attached hydrogens (tertiary/aromatic N) is 4. The van der Waals surface area contributed by atoms with Crippen LogP contribution in [0.5, 0.6) is 0 Å². The van der Waals surface area contributed by atoms with Crippen molar-refractivity contribution in [3.05, 3.63) is 39.9 Å². The SMILES string of the molecule is CCc1nnc(NC(=O)c2ncccc2Br)nc1CC. The lowest BCUT2D eigenvalue weighted by Gasteiger charge is -2.07. The van der Waals surface area contributed by atoms with Crippen LogP contribution >= 0.6 is 15.9 Å². The molecule has 0 bridgehead atoms. The van der Waals surface area contributed by atoms with Crippen LogP contribution in [0.25, 0.3) is 0 Å². The number of hydrogen-bond donors (Lipinski definition) is 1. The molecular weight excluding hydrogens is 322 g/mol. The van der Waals surface area contributed by atoms with E-state index in [2.05, 4.69) is 41.4 Å². The predicted octanol–water partition coefficient (Wildman–Crippen LogP) is 2.41. The third-order valence-corrected chi connectivity index (χ3v) is 3.35. The van der Waals surface area contributed by atoms with Crippen LogP contribution in [0.3, 0.4) is 0 Å². The van der Waals surface area contributed by atoms with E-state index in [0.29, 0.717) is 4.47 Å². The fourth-order valence-corrected chi connectivity index (χ4v) is 2.14. The van der Waals surface area contributed by atoms with Crippen molar-refractivity contribution >= 4 is 27.8 Å². The summed E-state index contributed by atoms with van der Waals surface area (Å²) in [5, 5.41) is 10.6. The fraction of sp³-hybridized carbons (Fsp3) is 0.308. The lowest BCUT2D eigenvalue weighted by Crippen LogP contribution is -2.18. The zero-order chi connectivity index (χ0) is 14.5. The molecule has 104 valence electrons. The van der Waals surface area contributed by atoms with Gasteiger partial charge >= 0.3 is 0 Å². The first-order valence-corrected chi connectivity index (χ1v) is 7.09. The lowest BCUT2D eigenvalue weighted by atomic mass is 10.2. The third kappa shape index (κ3) is 3.16. The summed E-state index contributed by atoms with van der Waals surface area (Å²) in [6.45, 7) is 3.98. The summed E-state index contributed by atoms with van der Waals surface area (Å²) in [7, 11) is 0. The number of carbonyl (C=O) groups excluding carboxylic acids is 1. The van der Waals surface area contributed by atoms with Crippen molar-refractivity contribution in [3.63, 3.8) is 0 Å². The monoisotopic (exact) mass is 335 g/mol. The second kappa shape index (κ2) is 6.51. The zero-order valence-corrected chi connectivity index (χ0v) is 12.8. The Bertz CT molecular complexity index is 632. The summed E-state index contributed by atoms with van der Waals surface area (Å²) in [5.41, 5.74) is 1.98. The molecule has 2 aromatic heterocycles. The maximum Gasteiger partial charge on any atom is 0.277 e. The Labute approximate surface area is 125 Å². The minimum absolute atomic E-state index is 0.196. The maximum absolute atomic E-state index is 12.1. The number of aryl methyl sites for hydroxylation is 2. The standard InChI is InChI=1S/C13H14BrN5O/c1-3-9-10(4-2)18-19-13(16-9)17-12(20)11-8(14)6-5-7-15-11/h5-7H,3-4H2,1-2H3,(H,16,17,19,20). The van der Waals surface area contributed by atoms with Gasteiger partial charge in [0.2, 0.25) is 5.95 Å². The first-order valence-electron chi connectivity index (χ1n) is 6.30. The van der Waals surface area contributed by atoms with Gasteiger partial charge in [-0.05, 0) is 40.9 Å². The summed E-state index contributed by atoms with van der Waals surface area (Å²) < 4.78 is 0.617. The molecule has 0 saturated heterocycles. The van der Waals surface area contributed by atoms with Gasteiger partial charge in [-0.3, -0.25) is 10.1 Å². The first-order chi connectivity index (χ1) is 9.65. The van der Waals surface area contributed by atoms with E-state index < -0.39 is 0 Å². The number of aromatic nitrogens is 4. The van der Waals surface area contributed by atoms with E-state index in [9.17, 15) is 4.79 Å². The number of rotatable bonds is 4. The summed E-state index contributed by atoms with van der Waals surface area (Å²) in [6, 6.07) is 3.49. The van der Waals surface area contributed by atoms with Gasteiger partial charge in [-0.15, -0.1) is 10.2 Å². The van der Waals surface area contributed by atoms with E-state index in [0.717, 1.165) is 24.2 Å². The van der Waals surface area contributed by atoms with Crippen LogP contribution in [0, 0.1) is 0 Å². The molecule has 0 fully saturated rings. The van der Waals surface area contributed by atoms with E-state index in [1.807, 2.05) is 13.8 Å². The molecule has 2 rings (SSSR count). The van der Waals surface area contributed by atoms with Crippen molar-refractivity contribution in [2.75, 3.05) is 5.32 Å². The molecule has 0 aliphatic heterocycles. The van der Waals surface area contributed by atoms with Crippen molar-refractivity contribution in [1.82, 2.24) is 20.2 Å². The molecule has 0 radical (unpaired) electrons. The van der Waals surface area contributed by atoms with E-state index in [4.69, 9.17) is 0 Å². The van der Waals surface area contributed by atoms with E-state index in [1.54, 1.807) is 18.3 Å². The van der Waals surface area contributed by atoms with Crippen LogP contribution in [0.2, 0.25) is 0 Å². The highest BCUT2D eigenvalue weighted by Gasteiger charge is 2.14. The van der Waals surface area contributed by atoms with Crippen LogP contribution in [-0.2, 0) is 12.8 Å². The summed E-state index contributed by atoms with van der Waals surface area (Å²) in [4.78, 5) is 20.4. The zero-order valence-electron chi connectivity index (χ0n) is 11.2. The quantitative estimate of drug-likeness (QED) is 0.927. The van der Waals surface area contributed by atoms with E-state index in [-0.39, 0.29) is 17.5 Å². The minimum Gasteiger partial charge on any atom is -0.288 e. The Kier molecular flexibility index (Phi) is 4.73. The first kappa shape index (κ1) is 14.5. The van der Waals surface area contributed by atoms with Crippen molar-refractivity contribution in [2.45, 2.75) is 26.7 Å². The van der Waals surface area contributed by atoms with Crippen LogP contribution in [-0.4, -0.2) is 26.1 Å². The highest BCUT2D eigenvalue weighted by atomic mass is 79.9. The Morgan fingerprint density at radius 1 is 1.25 bits per heavy atom. The highest BCUT2D eigenvalue weighted by Crippen LogP contribution is 2.14. The van der Waals surface area contributed by atoms with Crippen molar-refractivity contribution < 1.29 is 4.79 Å². The van der Waals surface area contributed by atoms with Gasteiger partial charge in [0.25, 0.3) is 5.91 Å². The fourth-order valence-electron chi connectivity index (χ4n) is 1.70. The number of halogens is 1. The smallest absolute Gasteiger partial charge is 0.277 e. The van der Waals surface area contributed by atoms with E-state index >= 15 is 0 Å². The lowest BCUT2D eigenvalue weighted by molar-refractivity contribution is 0.102. The van der Waals surface area contributed by atoms with Crippen LogP contribution in [0.1, 0.15) is 35.7 Å². The molecule has 0 spiro atoms. The van der Waals surface area contributed by atoms with Gasteiger partial charge in [0, 0.05) is 10.7 Å². The topological polar surface area (TPSA) is 80.7 Å².